The minimum absolute atomic E-state index is 0.615. The predicted octanol–water partition coefficient (Wildman–Crippen LogP) is 2.88. The van der Waals surface area contributed by atoms with Crippen LogP contribution in [0.5, 0.6) is 0 Å². The first-order valence-electron chi connectivity index (χ1n) is 5.44. The molecular formula is C13H19N. The quantitative estimate of drug-likeness (QED) is 0.768. The Hall–Kier alpha value is -0.820. The van der Waals surface area contributed by atoms with E-state index in [1.54, 1.807) is 0 Å². The molecule has 1 aliphatic rings. The molecule has 1 heteroatoms. The fourth-order valence-corrected chi connectivity index (χ4v) is 1.72. The van der Waals surface area contributed by atoms with E-state index in [1.807, 2.05) is 0 Å². The molecule has 0 bridgehead atoms. The van der Waals surface area contributed by atoms with Crippen LogP contribution in [-0.2, 0) is 6.54 Å². The molecule has 1 aliphatic carbocycles. The Morgan fingerprint density at radius 2 is 2.14 bits per heavy atom. The van der Waals surface area contributed by atoms with Crippen LogP contribution in [0.1, 0.15) is 30.9 Å². The highest BCUT2D eigenvalue weighted by Gasteiger charge is 2.36. The van der Waals surface area contributed by atoms with Gasteiger partial charge in [-0.05, 0) is 30.7 Å². The van der Waals surface area contributed by atoms with E-state index in [0.29, 0.717) is 5.41 Å². The summed E-state index contributed by atoms with van der Waals surface area (Å²) in [7, 11) is 0. The lowest BCUT2D eigenvalue weighted by atomic mass is 10.1. The Labute approximate surface area is 86.5 Å². The minimum Gasteiger partial charge on any atom is -0.312 e. The molecular weight excluding hydrogens is 170 g/mol. The average molecular weight is 189 g/mol. The Morgan fingerprint density at radius 1 is 1.36 bits per heavy atom. The van der Waals surface area contributed by atoms with Gasteiger partial charge in [0.2, 0.25) is 0 Å². The molecule has 76 valence electrons. The third-order valence-electron chi connectivity index (χ3n) is 3.07. The van der Waals surface area contributed by atoms with Gasteiger partial charge in [-0.3, -0.25) is 0 Å². The molecule has 0 aliphatic heterocycles. The molecule has 14 heavy (non-hydrogen) atoms. The van der Waals surface area contributed by atoms with Crippen molar-refractivity contribution in [1.82, 2.24) is 5.32 Å². The van der Waals surface area contributed by atoms with Gasteiger partial charge >= 0.3 is 0 Å². The molecule has 1 saturated carbocycles. The third-order valence-corrected chi connectivity index (χ3v) is 3.07. The highest BCUT2D eigenvalue weighted by Crippen LogP contribution is 2.44. The molecule has 0 amide bonds. The lowest BCUT2D eigenvalue weighted by molar-refractivity contribution is 0.499. The zero-order valence-electron chi connectivity index (χ0n) is 9.14. The maximum atomic E-state index is 3.53. The van der Waals surface area contributed by atoms with Crippen molar-refractivity contribution in [3.63, 3.8) is 0 Å². The van der Waals surface area contributed by atoms with Gasteiger partial charge in [0, 0.05) is 13.1 Å². The van der Waals surface area contributed by atoms with Gasteiger partial charge in [-0.1, -0.05) is 36.8 Å². The second-order valence-corrected chi connectivity index (χ2v) is 4.90. The summed E-state index contributed by atoms with van der Waals surface area (Å²) < 4.78 is 0. The van der Waals surface area contributed by atoms with E-state index in [4.69, 9.17) is 0 Å². The number of aryl methyl sites for hydroxylation is 1. The number of hydrogen-bond donors (Lipinski definition) is 1. The summed E-state index contributed by atoms with van der Waals surface area (Å²) in [5.74, 6) is 0. The number of rotatable bonds is 4. The van der Waals surface area contributed by atoms with Crippen molar-refractivity contribution in [1.29, 1.82) is 0 Å². The van der Waals surface area contributed by atoms with Crippen LogP contribution in [0.3, 0.4) is 0 Å². The van der Waals surface area contributed by atoms with Gasteiger partial charge in [-0.15, -0.1) is 0 Å². The van der Waals surface area contributed by atoms with Crippen molar-refractivity contribution in [3.8, 4) is 0 Å². The topological polar surface area (TPSA) is 12.0 Å². The number of benzene rings is 1. The van der Waals surface area contributed by atoms with Crippen LogP contribution in [0.2, 0.25) is 0 Å². The zero-order chi connectivity index (χ0) is 10.0. The van der Waals surface area contributed by atoms with Gasteiger partial charge in [0.25, 0.3) is 0 Å². The number of hydrogen-bond acceptors (Lipinski definition) is 1. The molecule has 0 atom stereocenters. The predicted molar refractivity (Wildman–Crippen MR) is 60.2 cm³/mol. The lowest BCUT2D eigenvalue weighted by Gasteiger charge is -2.10. The molecule has 0 heterocycles. The normalized spacial score (nSPS) is 18.1. The summed E-state index contributed by atoms with van der Waals surface area (Å²) in [6, 6.07) is 8.72. The van der Waals surface area contributed by atoms with Gasteiger partial charge < -0.3 is 5.32 Å². The van der Waals surface area contributed by atoms with E-state index >= 15 is 0 Å². The molecule has 1 aromatic carbocycles. The van der Waals surface area contributed by atoms with Gasteiger partial charge in [0.05, 0.1) is 0 Å². The fraction of sp³-hybridized carbons (Fsp3) is 0.538. The van der Waals surface area contributed by atoms with Crippen molar-refractivity contribution in [2.75, 3.05) is 6.54 Å². The second-order valence-electron chi connectivity index (χ2n) is 4.90. The maximum absolute atomic E-state index is 3.53. The van der Waals surface area contributed by atoms with Crippen LogP contribution in [0.25, 0.3) is 0 Å². The minimum atomic E-state index is 0.615. The van der Waals surface area contributed by atoms with Gasteiger partial charge in [-0.2, -0.15) is 0 Å². The molecule has 0 saturated heterocycles. The Balaban J connectivity index is 1.80. The van der Waals surface area contributed by atoms with Crippen molar-refractivity contribution in [2.45, 2.75) is 33.2 Å². The van der Waals surface area contributed by atoms with Crippen molar-refractivity contribution >= 4 is 0 Å². The largest absolute Gasteiger partial charge is 0.312 e. The van der Waals surface area contributed by atoms with E-state index < -0.39 is 0 Å². The lowest BCUT2D eigenvalue weighted by Crippen LogP contribution is -2.21. The summed E-state index contributed by atoms with van der Waals surface area (Å²) in [6.45, 7) is 6.68. The summed E-state index contributed by atoms with van der Waals surface area (Å²) in [4.78, 5) is 0. The third kappa shape index (κ3) is 2.58. The van der Waals surface area contributed by atoms with Crippen molar-refractivity contribution < 1.29 is 0 Å². The monoisotopic (exact) mass is 189 g/mol. The standard InChI is InChI=1S/C13H19N/c1-11-4-3-5-12(8-11)9-14-10-13(2)6-7-13/h3-5,8,14H,6-7,9-10H2,1-2H3. The first-order valence-corrected chi connectivity index (χ1v) is 5.44. The van der Waals surface area contributed by atoms with Crippen LogP contribution in [0, 0.1) is 12.3 Å². The summed E-state index contributed by atoms with van der Waals surface area (Å²) >= 11 is 0. The van der Waals surface area contributed by atoms with Crippen molar-refractivity contribution in [2.24, 2.45) is 5.41 Å². The van der Waals surface area contributed by atoms with Crippen molar-refractivity contribution in [3.05, 3.63) is 35.4 Å². The van der Waals surface area contributed by atoms with Crippen LogP contribution < -0.4 is 5.32 Å². The molecule has 1 aromatic rings. The van der Waals surface area contributed by atoms with E-state index in [0.717, 1.165) is 6.54 Å². The molecule has 0 radical (unpaired) electrons. The summed E-state index contributed by atoms with van der Waals surface area (Å²) in [5, 5.41) is 3.53. The second kappa shape index (κ2) is 3.74. The fourth-order valence-electron chi connectivity index (χ4n) is 1.72. The SMILES string of the molecule is Cc1cccc(CNCC2(C)CC2)c1. The Kier molecular flexibility index (Phi) is 2.60. The number of nitrogens with one attached hydrogen (secondary N) is 1. The van der Waals surface area contributed by atoms with Crippen LogP contribution >= 0.6 is 0 Å². The Morgan fingerprint density at radius 3 is 2.79 bits per heavy atom. The molecule has 2 rings (SSSR count). The van der Waals surface area contributed by atoms with Gasteiger partial charge in [0.1, 0.15) is 0 Å². The highest BCUT2D eigenvalue weighted by molar-refractivity contribution is 5.21. The first-order chi connectivity index (χ1) is 6.68. The molecule has 1 fully saturated rings. The van der Waals surface area contributed by atoms with E-state index in [-0.39, 0.29) is 0 Å². The maximum Gasteiger partial charge on any atom is 0.0205 e. The van der Waals surface area contributed by atoms with Gasteiger partial charge in [0.15, 0.2) is 0 Å². The van der Waals surface area contributed by atoms with Crippen LogP contribution in [-0.4, -0.2) is 6.54 Å². The smallest absolute Gasteiger partial charge is 0.0205 e. The summed E-state index contributed by atoms with van der Waals surface area (Å²) in [5.41, 5.74) is 3.36. The summed E-state index contributed by atoms with van der Waals surface area (Å²) in [6.07, 6.45) is 2.79. The molecule has 1 nitrogen and oxygen atoms in total. The van der Waals surface area contributed by atoms with Crippen LogP contribution in [0.4, 0.5) is 0 Å². The molecule has 0 spiro atoms. The molecule has 0 unspecified atom stereocenters. The average Bonchev–Trinajstić information content (AvgIpc) is 2.84. The van der Waals surface area contributed by atoms with E-state index in [1.165, 1.54) is 30.5 Å². The Bertz CT molecular complexity index is 313. The zero-order valence-corrected chi connectivity index (χ0v) is 9.14. The van der Waals surface area contributed by atoms with Crippen LogP contribution in [0.15, 0.2) is 24.3 Å². The van der Waals surface area contributed by atoms with Gasteiger partial charge in [-0.25, -0.2) is 0 Å². The molecule has 1 N–H and O–H groups in total. The first kappa shape index (κ1) is 9.72. The van der Waals surface area contributed by atoms with E-state index in [9.17, 15) is 0 Å². The highest BCUT2D eigenvalue weighted by atomic mass is 14.9. The van der Waals surface area contributed by atoms with E-state index in [2.05, 4.69) is 43.4 Å². The molecule has 0 aromatic heterocycles.